The number of rotatable bonds is 8. The highest BCUT2D eigenvalue weighted by Gasteiger charge is 2.29. The molecule has 2 amide bonds. The molecule has 5 N–H and O–H groups in total. The van der Waals surface area contributed by atoms with E-state index < -0.39 is 6.09 Å². The predicted octanol–water partition coefficient (Wildman–Crippen LogP) is 3.30. The van der Waals surface area contributed by atoms with Gasteiger partial charge in [0.05, 0.1) is 11.4 Å². The Labute approximate surface area is 199 Å². The quantitative estimate of drug-likeness (QED) is 0.281. The van der Waals surface area contributed by atoms with Crippen LogP contribution in [0.1, 0.15) is 51.7 Å². The van der Waals surface area contributed by atoms with Crippen LogP contribution in [-0.4, -0.2) is 50.6 Å². The third kappa shape index (κ3) is 4.91. The van der Waals surface area contributed by atoms with Gasteiger partial charge in [0.2, 0.25) is 0 Å². The number of nitrogens with zero attached hydrogens (tertiary/aromatic N) is 3. The molecule has 1 aliphatic rings. The Kier molecular flexibility index (Phi) is 6.87. The third-order valence-electron chi connectivity index (χ3n) is 5.77. The third-order valence-corrected chi connectivity index (χ3v) is 6.19. The van der Waals surface area contributed by atoms with Crippen LogP contribution in [0.3, 0.4) is 0 Å². The molecule has 0 radical (unpaired) electrons. The SMILES string of the molecule is CSNc1cccc(-c2cc(C(=O)Nc3cc(C4CCC(OC(N)=O)C4)[nH]n3)n(C)n2)c1C=O. The van der Waals surface area contributed by atoms with Crippen molar-refractivity contribution < 1.29 is 19.1 Å². The van der Waals surface area contributed by atoms with E-state index in [-0.39, 0.29) is 17.9 Å². The number of carbonyl (C=O) groups excluding carboxylic acids is 3. The number of primary amides is 1. The molecule has 34 heavy (non-hydrogen) atoms. The number of H-pyrrole nitrogens is 1. The molecule has 0 spiro atoms. The van der Waals surface area contributed by atoms with Crippen LogP contribution < -0.4 is 15.8 Å². The Morgan fingerprint density at radius 2 is 2.15 bits per heavy atom. The topological polar surface area (TPSA) is 157 Å². The number of amides is 2. The molecule has 2 unspecified atom stereocenters. The van der Waals surface area contributed by atoms with E-state index in [4.69, 9.17) is 10.5 Å². The minimum absolute atomic E-state index is 0.134. The molecular weight excluding hydrogens is 458 g/mol. The van der Waals surface area contributed by atoms with Gasteiger partial charge in [0.25, 0.3) is 5.91 Å². The number of aldehydes is 1. The molecule has 0 saturated heterocycles. The summed E-state index contributed by atoms with van der Waals surface area (Å²) in [5.41, 5.74) is 8.55. The summed E-state index contributed by atoms with van der Waals surface area (Å²) in [6.45, 7) is 0. The average molecular weight is 484 g/mol. The molecular formula is C22H25N7O4S. The lowest BCUT2D eigenvalue weighted by atomic mass is 10.0. The fourth-order valence-electron chi connectivity index (χ4n) is 4.21. The Morgan fingerprint density at radius 1 is 1.32 bits per heavy atom. The Hall–Kier alpha value is -3.80. The molecule has 0 aliphatic heterocycles. The molecule has 2 aromatic heterocycles. The van der Waals surface area contributed by atoms with Crippen LogP contribution in [0.15, 0.2) is 30.3 Å². The Bertz CT molecular complexity index is 1220. The number of anilines is 2. The first-order valence-electron chi connectivity index (χ1n) is 10.6. The summed E-state index contributed by atoms with van der Waals surface area (Å²) in [5.74, 6) is 0.128. The highest BCUT2D eigenvalue weighted by Crippen LogP contribution is 2.36. The van der Waals surface area contributed by atoms with E-state index in [2.05, 4.69) is 25.3 Å². The summed E-state index contributed by atoms with van der Waals surface area (Å²) in [5, 5.41) is 14.4. The van der Waals surface area contributed by atoms with E-state index in [1.165, 1.54) is 16.6 Å². The molecule has 2 heterocycles. The normalized spacial score (nSPS) is 17.4. The van der Waals surface area contributed by atoms with Crippen molar-refractivity contribution in [1.29, 1.82) is 0 Å². The molecule has 1 saturated carbocycles. The number of ether oxygens (including phenoxy) is 1. The zero-order valence-electron chi connectivity index (χ0n) is 18.7. The molecule has 11 nitrogen and oxygen atoms in total. The molecule has 12 heteroatoms. The number of benzene rings is 1. The van der Waals surface area contributed by atoms with Crippen molar-refractivity contribution in [2.24, 2.45) is 12.8 Å². The van der Waals surface area contributed by atoms with Gasteiger partial charge in [0.15, 0.2) is 12.1 Å². The number of carbonyl (C=O) groups is 3. The fraction of sp³-hybridized carbons (Fsp3) is 0.318. The van der Waals surface area contributed by atoms with Crippen LogP contribution >= 0.6 is 11.9 Å². The summed E-state index contributed by atoms with van der Waals surface area (Å²) >= 11 is 1.38. The second-order valence-electron chi connectivity index (χ2n) is 7.96. The smallest absolute Gasteiger partial charge is 0.404 e. The van der Waals surface area contributed by atoms with Gasteiger partial charge in [-0.25, -0.2) is 4.79 Å². The second kappa shape index (κ2) is 10.00. The van der Waals surface area contributed by atoms with Crippen LogP contribution in [0.5, 0.6) is 0 Å². The molecule has 0 bridgehead atoms. The standard InChI is InChI=1S/C22H25N7O4S/c1-29-19(9-18(27-29)14-4-3-5-16(28-34-2)15(14)11-30)21(31)24-20-10-17(25-26-20)12-6-7-13(8-12)33-22(23)32/h3-5,9-13,28H,6-8H2,1-2H3,(H2,23,32)(H2,24,25,26,31). The van der Waals surface area contributed by atoms with E-state index in [0.29, 0.717) is 40.4 Å². The van der Waals surface area contributed by atoms with Crippen molar-refractivity contribution in [1.82, 2.24) is 20.0 Å². The largest absolute Gasteiger partial charge is 0.446 e. The molecule has 1 fully saturated rings. The van der Waals surface area contributed by atoms with Gasteiger partial charge >= 0.3 is 6.09 Å². The summed E-state index contributed by atoms with van der Waals surface area (Å²) in [4.78, 5) is 35.6. The van der Waals surface area contributed by atoms with Crippen molar-refractivity contribution in [3.63, 3.8) is 0 Å². The first kappa shape index (κ1) is 23.4. The highest BCUT2D eigenvalue weighted by molar-refractivity contribution is 7.99. The monoisotopic (exact) mass is 483 g/mol. The molecule has 178 valence electrons. The summed E-state index contributed by atoms with van der Waals surface area (Å²) in [6, 6.07) is 8.83. The van der Waals surface area contributed by atoms with Gasteiger partial charge in [0, 0.05) is 42.1 Å². The van der Waals surface area contributed by atoms with Crippen molar-refractivity contribution in [2.45, 2.75) is 31.3 Å². The van der Waals surface area contributed by atoms with Crippen molar-refractivity contribution in [2.75, 3.05) is 16.3 Å². The summed E-state index contributed by atoms with van der Waals surface area (Å²) < 4.78 is 9.62. The number of hydrogen-bond acceptors (Lipinski definition) is 8. The maximum Gasteiger partial charge on any atom is 0.404 e. The zero-order chi connectivity index (χ0) is 24.2. The molecule has 3 aromatic rings. The molecule has 2 atom stereocenters. The van der Waals surface area contributed by atoms with Crippen LogP contribution in [0, 0.1) is 0 Å². The lowest BCUT2D eigenvalue weighted by Crippen LogP contribution is -2.20. The van der Waals surface area contributed by atoms with E-state index in [9.17, 15) is 14.4 Å². The number of aromatic amines is 1. The zero-order valence-corrected chi connectivity index (χ0v) is 19.5. The van der Waals surface area contributed by atoms with Crippen molar-refractivity contribution in [3.05, 3.63) is 47.3 Å². The van der Waals surface area contributed by atoms with E-state index in [0.717, 1.165) is 24.8 Å². The van der Waals surface area contributed by atoms with Gasteiger partial charge in [-0.2, -0.15) is 10.2 Å². The van der Waals surface area contributed by atoms with E-state index >= 15 is 0 Å². The number of aromatic nitrogens is 4. The van der Waals surface area contributed by atoms with Crippen LogP contribution in [-0.2, 0) is 11.8 Å². The maximum atomic E-state index is 12.9. The molecule has 1 aliphatic carbocycles. The van der Waals surface area contributed by atoms with Crippen LogP contribution in [0.2, 0.25) is 0 Å². The van der Waals surface area contributed by atoms with Gasteiger partial charge in [-0.1, -0.05) is 24.1 Å². The number of aryl methyl sites for hydroxylation is 1. The van der Waals surface area contributed by atoms with Gasteiger partial charge in [-0.3, -0.25) is 19.4 Å². The first-order valence-corrected chi connectivity index (χ1v) is 11.9. The number of nitrogens with two attached hydrogens (primary N) is 1. The Morgan fingerprint density at radius 3 is 2.88 bits per heavy atom. The average Bonchev–Trinajstić information content (AvgIpc) is 3.53. The van der Waals surface area contributed by atoms with Crippen LogP contribution in [0.25, 0.3) is 11.3 Å². The molecule has 1 aromatic carbocycles. The van der Waals surface area contributed by atoms with Crippen molar-refractivity contribution in [3.8, 4) is 11.3 Å². The maximum absolute atomic E-state index is 12.9. The second-order valence-corrected chi connectivity index (χ2v) is 8.57. The Balaban J connectivity index is 1.48. The lowest BCUT2D eigenvalue weighted by molar-refractivity contribution is 0.101. The van der Waals surface area contributed by atoms with Gasteiger partial charge in [-0.05, 0) is 31.4 Å². The first-order chi connectivity index (χ1) is 16.4. The van der Waals surface area contributed by atoms with E-state index in [1.54, 1.807) is 25.2 Å². The minimum atomic E-state index is -0.772. The van der Waals surface area contributed by atoms with E-state index in [1.807, 2.05) is 18.4 Å². The minimum Gasteiger partial charge on any atom is -0.446 e. The lowest BCUT2D eigenvalue weighted by Gasteiger charge is -2.09. The summed E-state index contributed by atoms with van der Waals surface area (Å²) in [6.07, 6.45) is 3.85. The van der Waals surface area contributed by atoms with Gasteiger partial charge < -0.3 is 20.5 Å². The molecule has 4 rings (SSSR count). The fourth-order valence-corrected chi connectivity index (χ4v) is 4.61. The number of nitrogens with one attached hydrogen (secondary N) is 3. The number of hydrogen-bond donors (Lipinski definition) is 4. The summed E-state index contributed by atoms with van der Waals surface area (Å²) in [7, 11) is 1.66. The van der Waals surface area contributed by atoms with Crippen LogP contribution in [0.4, 0.5) is 16.3 Å². The van der Waals surface area contributed by atoms with Crippen molar-refractivity contribution >= 4 is 41.7 Å². The van der Waals surface area contributed by atoms with Gasteiger partial charge in [0.1, 0.15) is 11.8 Å². The highest BCUT2D eigenvalue weighted by atomic mass is 32.2. The van der Waals surface area contributed by atoms with Gasteiger partial charge in [-0.15, -0.1) is 0 Å². The predicted molar refractivity (Wildman–Crippen MR) is 129 cm³/mol.